The maximum absolute atomic E-state index is 9.90. The first kappa shape index (κ1) is 22.1. The lowest BCUT2D eigenvalue weighted by Crippen LogP contribution is -2.39. The van der Waals surface area contributed by atoms with Crippen LogP contribution in [0.25, 0.3) is 0 Å². The number of ether oxygens (including phenoxy) is 2. The van der Waals surface area contributed by atoms with E-state index in [4.69, 9.17) is 9.47 Å². The van der Waals surface area contributed by atoms with Crippen LogP contribution in [0.1, 0.15) is 12.5 Å². The normalized spacial score (nSPS) is 12.4. The van der Waals surface area contributed by atoms with Crippen molar-refractivity contribution >= 4 is 29.9 Å². The second-order valence-corrected chi connectivity index (χ2v) is 4.79. The van der Waals surface area contributed by atoms with Crippen LogP contribution in [-0.2, 0) is 16.1 Å². The fraction of sp³-hybridized carbons (Fsp3) is 0.562. The number of rotatable bonds is 10. The molecule has 0 heterocycles. The van der Waals surface area contributed by atoms with Gasteiger partial charge in [-0.25, -0.2) is 0 Å². The number of aliphatic hydroxyl groups is 1. The van der Waals surface area contributed by atoms with Crippen LogP contribution in [0.5, 0.6) is 0 Å². The zero-order valence-corrected chi connectivity index (χ0v) is 16.2. The minimum absolute atomic E-state index is 0. The Morgan fingerprint density at radius 2 is 2.00 bits per heavy atom. The summed E-state index contributed by atoms with van der Waals surface area (Å²) < 4.78 is 10.5. The van der Waals surface area contributed by atoms with Gasteiger partial charge in [0.05, 0.1) is 32.5 Å². The van der Waals surface area contributed by atoms with Gasteiger partial charge in [-0.05, 0) is 12.5 Å². The maximum atomic E-state index is 9.90. The molecule has 0 radical (unpaired) electrons. The summed E-state index contributed by atoms with van der Waals surface area (Å²) in [5.74, 6) is 0.668. The Balaban J connectivity index is 0.00000484. The number of guanidine groups is 1. The Hall–Kier alpha value is -0.900. The van der Waals surface area contributed by atoms with Crippen molar-refractivity contribution in [1.82, 2.24) is 10.6 Å². The van der Waals surface area contributed by atoms with Crippen LogP contribution in [0.2, 0.25) is 0 Å². The molecule has 23 heavy (non-hydrogen) atoms. The van der Waals surface area contributed by atoms with E-state index in [0.29, 0.717) is 25.7 Å². The van der Waals surface area contributed by atoms with E-state index >= 15 is 0 Å². The monoisotopic (exact) mass is 437 g/mol. The van der Waals surface area contributed by atoms with E-state index in [9.17, 15) is 5.11 Å². The summed E-state index contributed by atoms with van der Waals surface area (Å²) in [7, 11) is 1.65. The van der Waals surface area contributed by atoms with Crippen LogP contribution >= 0.6 is 24.0 Å². The van der Waals surface area contributed by atoms with Crippen LogP contribution in [0.15, 0.2) is 35.3 Å². The van der Waals surface area contributed by atoms with Gasteiger partial charge in [0.25, 0.3) is 0 Å². The standard InChI is InChI=1S/C16H27N3O3.HI/c1-3-17-16(18-9-10-21-2)19-11-15(20)13-22-12-14-7-5-4-6-8-14;/h4-8,15,20H,3,9-13H2,1-2H3,(H2,17,18,19);1H. The highest BCUT2D eigenvalue weighted by atomic mass is 127. The molecular weight excluding hydrogens is 409 g/mol. The number of nitrogens with zero attached hydrogens (tertiary/aromatic N) is 1. The third-order valence-corrected chi connectivity index (χ3v) is 2.82. The van der Waals surface area contributed by atoms with Crippen molar-refractivity contribution < 1.29 is 14.6 Å². The predicted molar refractivity (Wildman–Crippen MR) is 103 cm³/mol. The number of aliphatic imine (C=N–C) groups is 1. The lowest BCUT2D eigenvalue weighted by atomic mass is 10.2. The van der Waals surface area contributed by atoms with Crippen molar-refractivity contribution in [3.05, 3.63) is 35.9 Å². The highest BCUT2D eigenvalue weighted by Crippen LogP contribution is 2.01. The van der Waals surface area contributed by atoms with Gasteiger partial charge in [0.2, 0.25) is 0 Å². The summed E-state index contributed by atoms with van der Waals surface area (Å²) in [4.78, 5) is 4.32. The van der Waals surface area contributed by atoms with Crippen LogP contribution in [-0.4, -0.2) is 57.1 Å². The fourth-order valence-electron chi connectivity index (χ4n) is 1.75. The number of hydrogen-bond donors (Lipinski definition) is 3. The Morgan fingerprint density at radius 3 is 2.65 bits per heavy atom. The van der Waals surface area contributed by atoms with Gasteiger partial charge in [0.1, 0.15) is 0 Å². The molecule has 6 nitrogen and oxygen atoms in total. The maximum Gasteiger partial charge on any atom is 0.191 e. The SMILES string of the molecule is CCNC(=NCC(O)COCc1ccccc1)NCCOC.I. The van der Waals surface area contributed by atoms with E-state index in [1.165, 1.54) is 0 Å². The molecule has 0 amide bonds. The van der Waals surface area contributed by atoms with Crippen molar-refractivity contribution in [2.75, 3.05) is 40.0 Å². The fourth-order valence-corrected chi connectivity index (χ4v) is 1.75. The first-order chi connectivity index (χ1) is 10.8. The molecule has 1 atom stereocenters. The number of methoxy groups -OCH3 is 1. The Labute approximate surface area is 155 Å². The third-order valence-electron chi connectivity index (χ3n) is 2.82. The Kier molecular flexibility index (Phi) is 14.1. The quantitative estimate of drug-likeness (QED) is 0.223. The molecule has 7 heteroatoms. The highest BCUT2D eigenvalue weighted by molar-refractivity contribution is 14.0. The van der Waals surface area contributed by atoms with Crippen molar-refractivity contribution in [2.45, 2.75) is 19.6 Å². The van der Waals surface area contributed by atoms with E-state index in [1.807, 2.05) is 37.3 Å². The van der Waals surface area contributed by atoms with Gasteiger partial charge < -0.3 is 25.2 Å². The van der Waals surface area contributed by atoms with Crippen molar-refractivity contribution in [3.8, 4) is 0 Å². The van der Waals surface area contributed by atoms with Gasteiger partial charge in [-0.2, -0.15) is 0 Å². The van der Waals surface area contributed by atoms with E-state index in [2.05, 4.69) is 15.6 Å². The van der Waals surface area contributed by atoms with Gasteiger partial charge in [-0.1, -0.05) is 30.3 Å². The summed E-state index contributed by atoms with van der Waals surface area (Å²) in [5, 5.41) is 16.1. The number of nitrogens with one attached hydrogen (secondary N) is 2. The van der Waals surface area contributed by atoms with E-state index < -0.39 is 6.10 Å². The molecule has 1 unspecified atom stereocenters. The van der Waals surface area contributed by atoms with Crippen LogP contribution in [0.3, 0.4) is 0 Å². The molecule has 0 saturated carbocycles. The van der Waals surface area contributed by atoms with Crippen LogP contribution in [0, 0.1) is 0 Å². The number of hydrogen-bond acceptors (Lipinski definition) is 4. The lowest BCUT2D eigenvalue weighted by Gasteiger charge is -2.13. The van der Waals surface area contributed by atoms with Crippen molar-refractivity contribution in [3.63, 3.8) is 0 Å². The summed E-state index contributed by atoms with van der Waals surface area (Å²) in [6.07, 6.45) is -0.624. The molecule has 0 aliphatic heterocycles. The summed E-state index contributed by atoms with van der Waals surface area (Å²) in [5.41, 5.74) is 1.09. The molecule has 0 spiro atoms. The largest absolute Gasteiger partial charge is 0.389 e. The van der Waals surface area contributed by atoms with Gasteiger partial charge >= 0.3 is 0 Å². The molecule has 0 aromatic heterocycles. The van der Waals surface area contributed by atoms with E-state index in [-0.39, 0.29) is 37.1 Å². The van der Waals surface area contributed by atoms with Gasteiger partial charge in [-0.15, -0.1) is 24.0 Å². The molecule has 0 aliphatic rings. The number of benzene rings is 1. The summed E-state index contributed by atoms with van der Waals surface area (Å²) >= 11 is 0. The van der Waals surface area contributed by atoms with Crippen LogP contribution in [0.4, 0.5) is 0 Å². The highest BCUT2D eigenvalue weighted by Gasteiger charge is 2.05. The predicted octanol–water partition coefficient (Wildman–Crippen LogP) is 1.38. The van der Waals surface area contributed by atoms with E-state index in [0.717, 1.165) is 12.1 Å². The Bertz CT molecular complexity index is 418. The van der Waals surface area contributed by atoms with Gasteiger partial charge in [0.15, 0.2) is 5.96 Å². The molecular formula is C16H28IN3O3. The van der Waals surface area contributed by atoms with E-state index in [1.54, 1.807) is 7.11 Å². The average molecular weight is 437 g/mol. The first-order valence-corrected chi connectivity index (χ1v) is 7.57. The van der Waals surface area contributed by atoms with Crippen molar-refractivity contribution in [1.29, 1.82) is 0 Å². The zero-order chi connectivity index (χ0) is 16.0. The third kappa shape index (κ3) is 11.3. The second kappa shape index (κ2) is 14.7. The van der Waals surface area contributed by atoms with Crippen molar-refractivity contribution in [2.24, 2.45) is 4.99 Å². The lowest BCUT2D eigenvalue weighted by molar-refractivity contribution is 0.0331. The molecule has 1 rings (SSSR count). The van der Waals surface area contributed by atoms with Gasteiger partial charge in [-0.3, -0.25) is 4.99 Å². The number of aliphatic hydroxyl groups excluding tert-OH is 1. The summed E-state index contributed by atoms with van der Waals surface area (Å²) in [6.45, 7) is 5.07. The summed E-state index contributed by atoms with van der Waals surface area (Å²) in [6, 6.07) is 9.88. The molecule has 0 fully saturated rings. The zero-order valence-electron chi connectivity index (χ0n) is 13.8. The molecule has 0 saturated heterocycles. The van der Waals surface area contributed by atoms with Crippen LogP contribution < -0.4 is 10.6 Å². The topological polar surface area (TPSA) is 75.1 Å². The number of halogens is 1. The average Bonchev–Trinajstić information content (AvgIpc) is 2.54. The molecule has 1 aromatic carbocycles. The molecule has 132 valence electrons. The smallest absolute Gasteiger partial charge is 0.191 e. The molecule has 3 N–H and O–H groups in total. The minimum atomic E-state index is -0.624. The van der Waals surface area contributed by atoms with Gasteiger partial charge in [0, 0.05) is 20.2 Å². The molecule has 0 bridgehead atoms. The molecule has 1 aromatic rings. The minimum Gasteiger partial charge on any atom is -0.389 e. The Morgan fingerprint density at radius 1 is 1.26 bits per heavy atom. The first-order valence-electron chi connectivity index (χ1n) is 7.57. The second-order valence-electron chi connectivity index (χ2n) is 4.79. The molecule has 0 aliphatic carbocycles.